The van der Waals surface area contributed by atoms with Gasteiger partial charge in [0.15, 0.2) is 0 Å². The average molecular weight is 181 g/mol. The molecule has 4 heteroatoms. The van der Waals surface area contributed by atoms with E-state index in [1.165, 1.54) is 5.01 Å². The fourth-order valence-corrected chi connectivity index (χ4v) is 0.983. The number of urea groups is 1. The van der Waals surface area contributed by atoms with Crippen LogP contribution in [0.3, 0.4) is 0 Å². The molecule has 0 aromatic carbocycles. The highest BCUT2D eigenvalue weighted by Gasteiger charge is 2.30. The van der Waals surface area contributed by atoms with E-state index in [2.05, 4.69) is 17.0 Å². The second-order valence-electron chi connectivity index (χ2n) is 4.08. The Labute approximate surface area is 78.3 Å². The molecular formula is C9H15N3O. The van der Waals surface area contributed by atoms with E-state index in [4.69, 9.17) is 0 Å². The van der Waals surface area contributed by atoms with Crippen molar-refractivity contribution in [3.63, 3.8) is 0 Å². The van der Waals surface area contributed by atoms with Crippen molar-refractivity contribution >= 4 is 11.7 Å². The summed E-state index contributed by atoms with van der Waals surface area (Å²) in [7, 11) is 0. The van der Waals surface area contributed by atoms with Gasteiger partial charge in [-0.1, -0.05) is 6.58 Å². The molecule has 13 heavy (non-hydrogen) atoms. The summed E-state index contributed by atoms with van der Waals surface area (Å²) in [6.45, 7) is 11.3. The molecule has 0 spiro atoms. The summed E-state index contributed by atoms with van der Waals surface area (Å²) in [6, 6.07) is -0.219. The number of rotatable bonds is 0. The zero-order valence-corrected chi connectivity index (χ0v) is 8.51. The Morgan fingerprint density at radius 2 is 2.00 bits per heavy atom. The maximum Gasteiger partial charge on any atom is 0.342 e. The Morgan fingerprint density at radius 3 is 2.46 bits per heavy atom. The fourth-order valence-electron chi connectivity index (χ4n) is 0.983. The van der Waals surface area contributed by atoms with Crippen molar-refractivity contribution in [2.24, 2.45) is 5.10 Å². The van der Waals surface area contributed by atoms with Crippen LogP contribution in [0, 0.1) is 0 Å². The van der Waals surface area contributed by atoms with E-state index in [1.54, 1.807) is 0 Å². The van der Waals surface area contributed by atoms with E-state index in [-0.39, 0.29) is 11.6 Å². The van der Waals surface area contributed by atoms with Crippen LogP contribution in [0.1, 0.15) is 27.7 Å². The predicted octanol–water partition coefficient (Wildman–Crippen LogP) is 1.70. The number of hydrogen-bond acceptors (Lipinski definition) is 2. The van der Waals surface area contributed by atoms with Crippen molar-refractivity contribution in [3.05, 3.63) is 12.3 Å². The van der Waals surface area contributed by atoms with Crippen molar-refractivity contribution in [2.45, 2.75) is 33.2 Å². The molecule has 0 radical (unpaired) electrons. The third kappa shape index (κ3) is 1.88. The van der Waals surface area contributed by atoms with Gasteiger partial charge < -0.3 is 5.32 Å². The summed E-state index contributed by atoms with van der Waals surface area (Å²) < 4.78 is 0. The molecule has 1 aliphatic heterocycles. The van der Waals surface area contributed by atoms with Crippen LogP contribution in [0.4, 0.5) is 4.79 Å². The first-order chi connectivity index (χ1) is 5.82. The Morgan fingerprint density at radius 1 is 1.46 bits per heavy atom. The van der Waals surface area contributed by atoms with Gasteiger partial charge in [-0.05, 0) is 27.7 Å². The minimum Gasteiger partial charge on any atom is -0.305 e. The lowest BCUT2D eigenvalue weighted by molar-refractivity contribution is 0.148. The molecule has 0 atom stereocenters. The number of carbonyl (C=O) groups excluding carboxylic acids is 1. The van der Waals surface area contributed by atoms with E-state index >= 15 is 0 Å². The molecule has 2 amide bonds. The molecule has 4 nitrogen and oxygen atoms in total. The summed E-state index contributed by atoms with van der Waals surface area (Å²) in [5, 5.41) is 8.23. The number of allylic oxidation sites excluding steroid dienone is 1. The van der Waals surface area contributed by atoms with Crippen molar-refractivity contribution in [1.29, 1.82) is 0 Å². The average Bonchev–Trinajstić information content (AvgIpc) is 1.94. The third-order valence-corrected chi connectivity index (χ3v) is 1.77. The van der Waals surface area contributed by atoms with Gasteiger partial charge in [-0.15, -0.1) is 0 Å². The first-order valence-corrected chi connectivity index (χ1v) is 4.18. The van der Waals surface area contributed by atoms with Gasteiger partial charge >= 0.3 is 6.03 Å². The second kappa shape index (κ2) is 2.87. The van der Waals surface area contributed by atoms with Gasteiger partial charge in [-0.3, -0.25) is 0 Å². The molecule has 0 saturated heterocycles. The monoisotopic (exact) mass is 181 g/mol. The van der Waals surface area contributed by atoms with Crippen molar-refractivity contribution in [2.75, 3.05) is 0 Å². The van der Waals surface area contributed by atoms with Gasteiger partial charge in [0.1, 0.15) is 0 Å². The number of amides is 2. The van der Waals surface area contributed by atoms with E-state index in [0.717, 1.165) is 5.71 Å². The topological polar surface area (TPSA) is 44.7 Å². The molecule has 1 aliphatic rings. The molecule has 0 aromatic heterocycles. The first kappa shape index (κ1) is 9.77. The van der Waals surface area contributed by atoms with Crippen molar-refractivity contribution in [1.82, 2.24) is 10.3 Å². The summed E-state index contributed by atoms with van der Waals surface area (Å²) in [5.41, 5.74) is 1.02. The maximum absolute atomic E-state index is 11.4. The Kier molecular flexibility index (Phi) is 2.15. The van der Waals surface area contributed by atoms with Gasteiger partial charge in [0.2, 0.25) is 0 Å². The van der Waals surface area contributed by atoms with Crippen LogP contribution < -0.4 is 5.32 Å². The SMILES string of the molecule is C=C1NC(=O)N(C(C)(C)C)N=C1C. The highest BCUT2D eigenvalue weighted by atomic mass is 16.2. The van der Waals surface area contributed by atoms with Crippen LogP contribution in [0.5, 0.6) is 0 Å². The van der Waals surface area contributed by atoms with Gasteiger partial charge in [0.05, 0.1) is 16.9 Å². The van der Waals surface area contributed by atoms with Crippen molar-refractivity contribution < 1.29 is 4.79 Å². The number of nitrogens with zero attached hydrogens (tertiary/aromatic N) is 2. The Balaban J connectivity index is 3.01. The lowest BCUT2D eigenvalue weighted by Crippen LogP contribution is -2.50. The molecule has 0 saturated carbocycles. The number of hydrazone groups is 1. The predicted molar refractivity (Wildman–Crippen MR) is 52.4 cm³/mol. The van der Waals surface area contributed by atoms with Gasteiger partial charge in [0.25, 0.3) is 0 Å². The lowest BCUT2D eigenvalue weighted by Gasteiger charge is -2.34. The molecule has 1 N–H and O–H groups in total. The van der Waals surface area contributed by atoms with E-state index in [9.17, 15) is 4.79 Å². The zero-order chi connectivity index (χ0) is 10.2. The number of hydrogen-bond donors (Lipinski definition) is 1. The summed E-state index contributed by atoms with van der Waals surface area (Å²) in [5.74, 6) is 0. The van der Waals surface area contributed by atoms with Crippen LogP contribution in [0.2, 0.25) is 0 Å². The highest BCUT2D eigenvalue weighted by Crippen LogP contribution is 2.17. The largest absolute Gasteiger partial charge is 0.342 e. The molecule has 1 heterocycles. The van der Waals surface area contributed by atoms with E-state index in [0.29, 0.717) is 5.70 Å². The van der Waals surface area contributed by atoms with Crippen molar-refractivity contribution in [3.8, 4) is 0 Å². The Hall–Kier alpha value is -1.32. The van der Waals surface area contributed by atoms with Gasteiger partial charge in [0, 0.05) is 0 Å². The third-order valence-electron chi connectivity index (χ3n) is 1.77. The second-order valence-corrected chi connectivity index (χ2v) is 4.08. The maximum atomic E-state index is 11.4. The molecule has 0 bridgehead atoms. The first-order valence-electron chi connectivity index (χ1n) is 4.18. The van der Waals surface area contributed by atoms with Gasteiger partial charge in [-0.2, -0.15) is 5.10 Å². The number of carbonyl (C=O) groups is 1. The standard InChI is InChI=1S/C9H15N3O/c1-6-7(2)11-12(8(13)10-6)9(3,4)5/h1H2,2-5H3,(H,10,13). The van der Waals surface area contributed by atoms with E-state index < -0.39 is 0 Å². The molecule has 0 unspecified atom stereocenters. The van der Waals surface area contributed by atoms with Gasteiger partial charge in [-0.25, -0.2) is 9.80 Å². The molecule has 72 valence electrons. The van der Waals surface area contributed by atoms with Crippen LogP contribution in [-0.2, 0) is 0 Å². The van der Waals surface area contributed by atoms with Crippen LogP contribution in [0.15, 0.2) is 17.4 Å². The quantitative estimate of drug-likeness (QED) is 0.607. The molecule has 0 aromatic rings. The normalized spacial score (nSPS) is 18.5. The summed E-state index contributed by atoms with van der Waals surface area (Å²) in [6.07, 6.45) is 0. The molecule has 0 fully saturated rings. The Bertz CT molecular complexity index is 286. The molecular weight excluding hydrogens is 166 g/mol. The van der Waals surface area contributed by atoms with Crippen LogP contribution >= 0.6 is 0 Å². The zero-order valence-electron chi connectivity index (χ0n) is 8.51. The fraction of sp³-hybridized carbons (Fsp3) is 0.556. The minimum atomic E-state index is -0.300. The van der Waals surface area contributed by atoms with Crippen LogP contribution in [0.25, 0.3) is 0 Å². The summed E-state index contributed by atoms with van der Waals surface area (Å²) >= 11 is 0. The molecule has 1 rings (SSSR count). The number of nitrogens with one attached hydrogen (secondary N) is 1. The van der Waals surface area contributed by atoms with Crippen LogP contribution in [-0.4, -0.2) is 22.3 Å². The highest BCUT2D eigenvalue weighted by molar-refractivity contribution is 6.03. The lowest BCUT2D eigenvalue weighted by atomic mass is 10.1. The molecule has 0 aliphatic carbocycles. The summed E-state index contributed by atoms with van der Waals surface area (Å²) in [4.78, 5) is 11.4. The minimum absolute atomic E-state index is 0.219. The smallest absolute Gasteiger partial charge is 0.305 e. The van der Waals surface area contributed by atoms with E-state index in [1.807, 2.05) is 27.7 Å².